The monoisotopic (exact) mass is 450 g/mol. The lowest BCUT2D eigenvalue weighted by atomic mass is 10.1. The van der Waals surface area contributed by atoms with E-state index in [4.69, 9.17) is 0 Å². The minimum atomic E-state index is -0.316. The predicted molar refractivity (Wildman–Crippen MR) is 129 cm³/mol. The number of nitrogens with one attached hydrogen (secondary N) is 1. The molecule has 8 nitrogen and oxygen atoms in total. The van der Waals surface area contributed by atoms with E-state index in [9.17, 15) is 9.59 Å². The molecule has 0 atom stereocenters. The smallest absolute Gasteiger partial charge is 0.293 e. The van der Waals surface area contributed by atoms with Gasteiger partial charge < -0.3 is 10.2 Å². The van der Waals surface area contributed by atoms with Crippen molar-refractivity contribution < 1.29 is 4.79 Å². The Bertz CT molecular complexity index is 1140. The average molecular weight is 451 g/mol. The number of aryl methyl sites for hydroxylation is 2. The molecule has 1 aromatic carbocycles. The Hall–Kier alpha value is -3.00. The van der Waals surface area contributed by atoms with Crippen LogP contribution in [-0.2, 0) is 17.8 Å². The number of carbonyl (C=O) groups is 1. The Morgan fingerprint density at radius 1 is 1.06 bits per heavy atom. The summed E-state index contributed by atoms with van der Waals surface area (Å²) in [5.41, 5.74) is 3.02. The van der Waals surface area contributed by atoms with Gasteiger partial charge in [0.25, 0.3) is 5.56 Å². The van der Waals surface area contributed by atoms with E-state index in [1.165, 1.54) is 35.9 Å². The van der Waals surface area contributed by atoms with E-state index in [1.807, 2.05) is 12.1 Å². The summed E-state index contributed by atoms with van der Waals surface area (Å²) >= 11 is 0. The van der Waals surface area contributed by atoms with Crippen molar-refractivity contribution in [3.63, 3.8) is 0 Å². The number of amides is 1. The van der Waals surface area contributed by atoms with Crippen LogP contribution in [0.4, 0.5) is 0 Å². The summed E-state index contributed by atoms with van der Waals surface area (Å²) in [6.45, 7) is 7.73. The van der Waals surface area contributed by atoms with Gasteiger partial charge in [0.2, 0.25) is 5.91 Å². The van der Waals surface area contributed by atoms with Gasteiger partial charge in [0.1, 0.15) is 17.9 Å². The minimum Gasteiger partial charge on any atom is -0.354 e. The number of hydrogen-bond donors (Lipinski definition) is 1. The van der Waals surface area contributed by atoms with Gasteiger partial charge in [0.05, 0.1) is 5.69 Å². The fourth-order valence-electron chi connectivity index (χ4n) is 4.42. The molecule has 2 aromatic heterocycles. The molecule has 1 saturated heterocycles. The first-order chi connectivity index (χ1) is 16.0. The molecule has 0 radical (unpaired) electrons. The molecule has 0 bridgehead atoms. The van der Waals surface area contributed by atoms with E-state index in [1.54, 1.807) is 17.5 Å². The molecule has 1 amide bonds. The Morgan fingerprint density at radius 2 is 1.79 bits per heavy atom. The van der Waals surface area contributed by atoms with Gasteiger partial charge >= 0.3 is 0 Å². The molecule has 1 aliphatic rings. The summed E-state index contributed by atoms with van der Waals surface area (Å²) < 4.78 is 2.79. The predicted octanol–water partition coefficient (Wildman–Crippen LogP) is 2.81. The van der Waals surface area contributed by atoms with E-state index in [0.29, 0.717) is 17.9 Å². The first-order valence-electron chi connectivity index (χ1n) is 12.1. The number of nitrogens with zero attached hydrogens (tertiary/aromatic N) is 5. The van der Waals surface area contributed by atoms with Crippen molar-refractivity contribution in [2.45, 2.75) is 58.9 Å². The highest BCUT2D eigenvalue weighted by molar-refractivity contribution is 5.75. The van der Waals surface area contributed by atoms with Crippen LogP contribution in [0, 0.1) is 6.92 Å². The maximum atomic E-state index is 13.0. The van der Waals surface area contributed by atoms with E-state index in [-0.39, 0.29) is 18.0 Å². The lowest BCUT2D eigenvalue weighted by Gasteiger charge is -2.19. The highest BCUT2D eigenvalue weighted by Gasteiger charge is 2.15. The molecule has 1 aliphatic heterocycles. The van der Waals surface area contributed by atoms with Gasteiger partial charge in [-0.2, -0.15) is 10.2 Å². The molecule has 4 rings (SSSR count). The van der Waals surface area contributed by atoms with Gasteiger partial charge in [-0.05, 0) is 63.9 Å². The first kappa shape index (κ1) is 23.2. The van der Waals surface area contributed by atoms with Crippen LogP contribution in [0.5, 0.6) is 0 Å². The van der Waals surface area contributed by atoms with Crippen LogP contribution in [0.1, 0.15) is 50.4 Å². The number of rotatable bonds is 8. The van der Waals surface area contributed by atoms with Gasteiger partial charge in [0, 0.05) is 12.1 Å². The normalized spacial score (nSPS) is 15.0. The van der Waals surface area contributed by atoms with Crippen molar-refractivity contribution in [2.75, 3.05) is 26.2 Å². The van der Waals surface area contributed by atoms with Crippen molar-refractivity contribution in [1.29, 1.82) is 0 Å². The van der Waals surface area contributed by atoms with E-state index in [2.05, 4.69) is 39.5 Å². The summed E-state index contributed by atoms with van der Waals surface area (Å²) in [4.78, 5) is 27.9. The molecule has 0 spiro atoms. The number of likely N-dealkylation sites (tertiary alicyclic amines) is 1. The maximum absolute atomic E-state index is 13.0. The molecule has 3 aromatic rings. The second kappa shape index (κ2) is 10.7. The summed E-state index contributed by atoms with van der Waals surface area (Å²) in [7, 11) is 0. The fourth-order valence-corrected chi connectivity index (χ4v) is 4.42. The van der Waals surface area contributed by atoms with Crippen LogP contribution in [-0.4, -0.2) is 56.4 Å². The molecule has 0 aliphatic carbocycles. The van der Waals surface area contributed by atoms with E-state index >= 15 is 0 Å². The van der Waals surface area contributed by atoms with Crippen LogP contribution in [0.2, 0.25) is 0 Å². The number of carbonyl (C=O) groups excluding carboxylic acids is 1. The molecule has 1 fully saturated rings. The lowest BCUT2D eigenvalue weighted by Crippen LogP contribution is -2.36. The fraction of sp³-hybridized carbons (Fsp3) is 0.520. The summed E-state index contributed by atoms with van der Waals surface area (Å²) in [5.74, 6) is 0.370. The second-order valence-corrected chi connectivity index (χ2v) is 8.85. The van der Waals surface area contributed by atoms with E-state index in [0.717, 1.165) is 43.7 Å². The highest BCUT2D eigenvalue weighted by Crippen LogP contribution is 2.19. The number of benzene rings is 1. The van der Waals surface area contributed by atoms with Gasteiger partial charge in [-0.1, -0.05) is 44.0 Å². The molecule has 0 unspecified atom stereocenters. The van der Waals surface area contributed by atoms with Crippen molar-refractivity contribution in [1.82, 2.24) is 29.6 Å². The number of hydrogen-bond acceptors (Lipinski definition) is 5. The zero-order chi connectivity index (χ0) is 23.2. The zero-order valence-electron chi connectivity index (χ0n) is 19.7. The standard InChI is InChI=1S/C25H34N6O2/c1-3-20-9-11-21(12-10-20)22-17-23-25(33)30(27-19(2)31(23)28-22)18-24(32)26-13-8-16-29-14-6-4-5-7-15-29/h9-12,17H,3-8,13-16,18H2,1-2H3,(H,26,32). The molecule has 1 N–H and O–H groups in total. The molecule has 176 valence electrons. The van der Waals surface area contributed by atoms with Crippen LogP contribution >= 0.6 is 0 Å². The molecule has 3 heterocycles. The molecular weight excluding hydrogens is 416 g/mol. The first-order valence-corrected chi connectivity index (χ1v) is 12.1. The quantitative estimate of drug-likeness (QED) is 0.534. The van der Waals surface area contributed by atoms with Crippen molar-refractivity contribution in [3.8, 4) is 11.3 Å². The lowest BCUT2D eigenvalue weighted by molar-refractivity contribution is -0.121. The van der Waals surface area contributed by atoms with Crippen molar-refractivity contribution in [2.24, 2.45) is 0 Å². The summed E-state index contributed by atoms with van der Waals surface area (Å²) in [5, 5.41) is 11.8. The molecular formula is C25H34N6O2. The third kappa shape index (κ3) is 5.68. The van der Waals surface area contributed by atoms with E-state index < -0.39 is 0 Å². The summed E-state index contributed by atoms with van der Waals surface area (Å²) in [6.07, 6.45) is 7.06. The van der Waals surface area contributed by atoms with Gasteiger partial charge in [0.15, 0.2) is 0 Å². The maximum Gasteiger partial charge on any atom is 0.293 e. The molecule has 0 saturated carbocycles. The Kier molecular flexibility index (Phi) is 7.54. The molecule has 33 heavy (non-hydrogen) atoms. The molecule has 8 heteroatoms. The minimum absolute atomic E-state index is 0.0917. The summed E-state index contributed by atoms with van der Waals surface area (Å²) in [6, 6.07) is 9.94. The third-order valence-corrected chi connectivity index (χ3v) is 6.36. The van der Waals surface area contributed by atoms with Gasteiger partial charge in [-0.15, -0.1) is 0 Å². The van der Waals surface area contributed by atoms with Crippen LogP contribution in [0.15, 0.2) is 35.1 Å². The SMILES string of the molecule is CCc1ccc(-c2cc3c(=O)n(CC(=O)NCCCN4CCCCCC4)nc(C)n3n2)cc1. The Balaban J connectivity index is 1.39. The van der Waals surface area contributed by atoms with Crippen LogP contribution in [0.3, 0.4) is 0 Å². The van der Waals surface area contributed by atoms with Crippen molar-refractivity contribution in [3.05, 3.63) is 52.1 Å². The number of aromatic nitrogens is 4. The van der Waals surface area contributed by atoms with Crippen LogP contribution < -0.4 is 10.9 Å². The van der Waals surface area contributed by atoms with Crippen LogP contribution in [0.25, 0.3) is 16.8 Å². The largest absolute Gasteiger partial charge is 0.354 e. The zero-order valence-corrected chi connectivity index (χ0v) is 19.7. The second-order valence-electron chi connectivity index (χ2n) is 8.85. The topological polar surface area (TPSA) is 84.5 Å². The Labute approximate surface area is 194 Å². The number of fused-ring (bicyclic) bond motifs is 1. The third-order valence-electron chi connectivity index (χ3n) is 6.36. The Morgan fingerprint density at radius 3 is 2.48 bits per heavy atom. The highest BCUT2D eigenvalue weighted by atomic mass is 16.2. The van der Waals surface area contributed by atoms with Gasteiger partial charge in [-0.3, -0.25) is 9.59 Å². The average Bonchev–Trinajstić information content (AvgIpc) is 3.12. The van der Waals surface area contributed by atoms with Crippen molar-refractivity contribution >= 4 is 11.4 Å². The van der Waals surface area contributed by atoms with Gasteiger partial charge in [-0.25, -0.2) is 9.20 Å².